The zero-order valence-corrected chi connectivity index (χ0v) is 5.65. The van der Waals surface area contributed by atoms with Crippen LogP contribution in [0.2, 0.25) is 0 Å². The van der Waals surface area contributed by atoms with Crippen LogP contribution in [0.5, 0.6) is 0 Å². The van der Waals surface area contributed by atoms with E-state index in [2.05, 4.69) is 0 Å². The molecule has 1 rings (SSSR count). The molecule has 1 aliphatic rings. The topological polar surface area (TPSA) is 26.3 Å². The largest absolute Gasteiger partial charge is 0.430 e. The molecule has 1 aliphatic heterocycles. The second-order valence-corrected chi connectivity index (χ2v) is 2.08. The summed E-state index contributed by atoms with van der Waals surface area (Å²) in [6.45, 7) is 0. The van der Waals surface area contributed by atoms with Crippen molar-refractivity contribution in [2.75, 3.05) is 5.88 Å². The highest BCUT2D eigenvalue weighted by Gasteiger charge is 2.10. The van der Waals surface area contributed by atoms with E-state index in [0.29, 0.717) is 18.1 Å². The number of carbonyl (C=O) groups excluding carboxylic acids is 1. The molecule has 0 atom stereocenters. The molecule has 0 fully saturated rings. The van der Waals surface area contributed by atoms with Crippen LogP contribution in [0.15, 0.2) is 11.8 Å². The minimum atomic E-state index is -0.173. The highest BCUT2D eigenvalue weighted by Crippen LogP contribution is 2.11. The molecular formula is C6H7ClO2. The molecule has 1 heterocycles. The number of ether oxygens (including phenoxy) is 1. The molecule has 0 aromatic heterocycles. The Kier molecular flexibility index (Phi) is 2.11. The lowest BCUT2D eigenvalue weighted by Gasteiger charge is -2.09. The Bertz CT molecular complexity index is 151. The van der Waals surface area contributed by atoms with Crippen LogP contribution < -0.4 is 0 Å². The highest BCUT2D eigenvalue weighted by molar-refractivity contribution is 6.19. The van der Waals surface area contributed by atoms with Gasteiger partial charge in [0.1, 0.15) is 5.76 Å². The van der Waals surface area contributed by atoms with Gasteiger partial charge in [-0.3, -0.25) is 4.79 Å². The first kappa shape index (κ1) is 6.62. The maximum absolute atomic E-state index is 10.5. The van der Waals surface area contributed by atoms with Gasteiger partial charge >= 0.3 is 5.97 Å². The van der Waals surface area contributed by atoms with Gasteiger partial charge in [-0.1, -0.05) is 0 Å². The Morgan fingerprint density at radius 3 is 3.00 bits per heavy atom. The molecule has 0 saturated carbocycles. The molecule has 50 valence electrons. The zero-order chi connectivity index (χ0) is 6.69. The van der Waals surface area contributed by atoms with Gasteiger partial charge in [-0.25, -0.2) is 0 Å². The molecule has 0 unspecified atom stereocenters. The van der Waals surface area contributed by atoms with Crippen molar-refractivity contribution >= 4 is 17.6 Å². The second kappa shape index (κ2) is 2.87. The van der Waals surface area contributed by atoms with Crippen LogP contribution in [0.3, 0.4) is 0 Å². The number of cyclic esters (lactones) is 1. The van der Waals surface area contributed by atoms with Crippen molar-refractivity contribution in [1.82, 2.24) is 0 Å². The fraction of sp³-hybridized carbons (Fsp3) is 0.500. The molecule has 0 N–H and O–H groups in total. The lowest BCUT2D eigenvalue weighted by molar-refractivity contribution is -0.140. The molecule has 0 aromatic rings. The van der Waals surface area contributed by atoms with E-state index >= 15 is 0 Å². The van der Waals surface area contributed by atoms with Crippen molar-refractivity contribution in [3.05, 3.63) is 11.8 Å². The maximum atomic E-state index is 10.5. The molecule has 2 nitrogen and oxygen atoms in total. The molecule has 9 heavy (non-hydrogen) atoms. The third-order valence-electron chi connectivity index (χ3n) is 1.10. The van der Waals surface area contributed by atoms with E-state index in [1.54, 1.807) is 0 Å². The SMILES string of the molecule is O=C1CCC=C(CCl)O1. The Hall–Kier alpha value is -0.500. The first-order valence-electron chi connectivity index (χ1n) is 2.78. The van der Waals surface area contributed by atoms with Crippen molar-refractivity contribution in [1.29, 1.82) is 0 Å². The first-order chi connectivity index (χ1) is 4.33. The summed E-state index contributed by atoms with van der Waals surface area (Å²) in [7, 11) is 0. The molecule has 0 aliphatic carbocycles. The summed E-state index contributed by atoms with van der Waals surface area (Å²) in [6, 6.07) is 0. The molecular weight excluding hydrogens is 140 g/mol. The molecule has 0 spiro atoms. The van der Waals surface area contributed by atoms with Crippen molar-refractivity contribution in [2.24, 2.45) is 0 Å². The Morgan fingerprint density at radius 1 is 1.78 bits per heavy atom. The summed E-state index contributed by atoms with van der Waals surface area (Å²) in [5, 5.41) is 0. The minimum absolute atomic E-state index is 0.173. The number of halogens is 1. The predicted octanol–water partition coefficient (Wildman–Crippen LogP) is 1.45. The van der Waals surface area contributed by atoms with Gasteiger partial charge in [0.15, 0.2) is 0 Å². The third-order valence-corrected chi connectivity index (χ3v) is 1.36. The van der Waals surface area contributed by atoms with E-state index < -0.39 is 0 Å². The monoisotopic (exact) mass is 146 g/mol. The van der Waals surface area contributed by atoms with Crippen molar-refractivity contribution < 1.29 is 9.53 Å². The molecule has 3 heteroatoms. The summed E-state index contributed by atoms with van der Waals surface area (Å²) < 4.78 is 4.73. The number of allylic oxidation sites excluding steroid dienone is 2. The molecule has 0 aromatic carbocycles. The lowest BCUT2D eigenvalue weighted by Crippen LogP contribution is -2.09. The van der Waals surface area contributed by atoms with Crippen LogP contribution >= 0.6 is 11.6 Å². The Morgan fingerprint density at radius 2 is 2.56 bits per heavy atom. The fourth-order valence-corrected chi connectivity index (χ4v) is 0.835. The average Bonchev–Trinajstić information content (AvgIpc) is 1.88. The van der Waals surface area contributed by atoms with E-state index in [1.165, 1.54) is 0 Å². The van der Waals surface area contributed by atoms with Gasteiger partial charge in [-0.15, -0.1) is 11.6 Å². The Balaban J connectivity index is 2.53. The summed E-state index contributed by atoms with van der Waals surface area (Å²) >= 11 is 5.40. The fourth-order valence-electron chi connectivity index (χ4n) is 0.672. The number of rotatable bonds is 1. The molecule has 0 bridgehead atoms. The van der Waals surface area contributed by atoms with Gasteiger partial charge in [-0.05, 0) is 12.5 Å². The van der Waals surface area contributed by atoms with E-state index in [1.807, 2.05) is 6.08 Å². The molecule has 0 saturated heterocycles. The van der Waals surface area contributed by atoms with Crippen LogP contribution in [0.4, 0.5) is 0 Å². The number of hydrogen-bond donors (Lipinski definition) is 0. The predicted molar refractivity (Wildman–Crippen MR) is 34.1 cm³/mol. The number of hydrogen-bond acceptors (Lipinski definition) is 2. The van der Waals surface area contributed by atoms with Gasteiger partial charge in [0.2, 0.25) is 0 Å². The van der Waals surface area contributed by atoms with E-state index in [4.69, 9.17) is 16.3 Å². The first-order valence-corrected chi connectivity index (χ1v) is 3.32. The number of esters is 1. The second-order valence-electron chi connectivity index (χ2n) is 1.82. The third kappa shape index (κ3) is 1.72. The van der Waals surface area contributed by atoms with Gasteiger partial charge < -0.3 is 4.74 Å². The number of carbonyl (C=O) groups is 1. The molecule has 0 amide bonds. The number of alkyl halides is 1. The van der Waals surface area contributed by atoms with Gasteiger partial charge in [-0.2, -0.15) is 0 Å². The Labute approximate surface area is 58.4 Å². The summed E-state index contributed by atoms with van der Waals surface area (Å²) in [5.74, 6) is 0.715. The van der Waals surface area contributed by atoms with Gasteiger partial charge in [0, 0.05) is 6.42 Å². The smallest absolute Gasteiger partial charge is 0.311 e. The van der Waals surface area contributed by atoms with E-state index in [0.717, 1.165) is 6.42 Å². The average molecular weight is 147 g/mol. The van der Waals surface area contributed by atoms with Crippen LogP contribution in [-0.2, 0) is 9.53 Å². The quantitative estimate of drug-likeness (QED) is 0.414. The normalized spacial score (nSPS) is 18.8. The highest BCUT2D eigenvalue weighted by atomic mass is 35.5. The van der Waals surface area contributed by atoms with Crippen LogP contribution in [0.1, 0.15) is 12.8 Å². The summed E-state index contributed by atoms with van der Waals surface area (Å²) in [6.07, 6.45) is 3.09. The zero-order valence-electron chi connectivity index (χ0n) is 4.89. The van der Waals surface area contributed by atoms with E-state index in [9.17, 15) is 4.79 Å². The van der Waals surface area contributed by atoms with E-state index in [-0.39, 0.29) is 5.97 Å². The van der Waals surface area contributed by atoms with Crippen molar-refractivity contribution in [2.45, 2.75) is 12.8 Å². The maximum Gasteiger partial charge on any atom is 0.311 e. The van der Waals surface area contributed by atoms with Crippen LogP contribution in [0.25, 0.3) is 0 Å². The standard InChI is InChI=1S/C6H7ClO2/c7-4-5-2-1-3-6(8)9-5/h2H,1,3-4H2. The minimum Gasteiger partial charge on any atom is -0.430 e. The summed E-state index contributed by atoms with van der Waals surface area (Å²) in [5.41, 5.74) is 0. The molecule has 0 radical (unpaired) electrons. The van der Waals surface area contributed by atoms with Crippen LogP contribution in [-0.4, -0.2) is 11.8 Å². The van der Waals surface area contributed by atoms with Crippen molar-refractivity contribution in [3.8, 4) is 0 Å². The van der Waals surface area contributed by atoms with Gasteiger partial charge in [0.05, 0.1) is 5.88 Å². The lowest BCUT2D eigenvalue weighted by atomic mass is 10.2. The van der Waals surface area contributed by atoms with Crippen molar-refractivity contribution in [3.63, 3.8) is 0 Å². The van der Waals surface area contributed by atoms with Gasteiger partial charge in [0.25, 0.3) is 0 Å². The summed E-state index contributed by atoms with van der Waals surface area (Å²) in [4.78, 5) is 10.5. The van der Waals surface area contributed by atoms with Crippen LogP contribution in [0, 0.1) is 0 Å².